The van der Waals surface area contributed by atoms with E-state index in [0.717, 1.165) is 6.07 Å². The molecule has 1 atom stereocenters. The summed E-state index contributed by atoms with van der Waals surface area (Å²) < 4.78 is 5.12. The molecule has 104 valence electrons. The fourth-order valence-corrected chi connectivity index (χ4v) is 2.07. The van der Waals surface area contributed by atoms with Gasteiger partial charge >= 0.3 is 5.97 Å². The summed E-state index contributed by atoms with van der Waals surface area (Å²) in [5, 5.41) is 29.0. The van der Waals surface area contributed by atoms with Gasteiger partial charge in [-0.05, 0) is 6.07 Å². The highest BCUT2D eigenvalue weighted by Gasteiger charge is 2.31. The first-order chi connectivity index (χ1) is 9.54. The topological polar surface area (TPSA) is 117 Å². The number of aliphatic carboxylic acids is 1. The minimum atomic E-state index is -1.06. The van der Waals surface area contributed by atoms with Crippen LogP contribution in [0.5, 0.6) is 0 Å². The number of hydrogen-bond donors (Lipinski definition) is 1. The van der Waals surface area contributed by atoms with Crippen LogP contribution in [0, 0.1) is 21.4 Å². The van der Waals surface area contributed by atoms with Crippen LogP contribution in [-0.2, 0) is 9.53 Å². The fourth-order valence-electron chi connectivity index (χ4n) is 2.07. The van der Waals surface area contributed by atoms with E-state index < -0.39 is 16.9 Å². The number of hydrogen-bond acceptors (Lipinski definition) is 6. The van der Waals surface area contributed by atoms with Gasteiger partial charge in [0.05, 0.1) is 29.4 Å². The second kappa shape index (κ2) is 5.54. The molecule has 0 spiro atoms. The van der Waals surface area contributed by atoms with E-state index >= 15 is 0 Å². The summed E-state index contributed by atoms with van der Waals surface area (Å²) in [5.74, 6) is -1.06. The van der Waals surface area contributed by atoms with Gasteiger partial charge in [0.2, 0.25) is 0 Å². The lowest BCUT2D eigenvalue weighted by Crippen LogP contribution is -2.50. The number of morpholine rings is 1. The number of nitro benzene ring substituents is 1. The number of carboxylic acids is 1. The molecule has 1 aliphatic heterocycles. The molecule has 8 heteroatoms. The van der Waals surface area contributed by atoms with Crippen molar-refractivity contribution >= 4 is 17.3 Å². The normalized spacial score (nSPS) is 18.4. The average Bonchev–Trinajstić information content (AvgIpc) is 2.46. The second-order valence-electron chi connectivity index (χ2n) is 4.19. The van der Waals surface area contributed by atoms with Gasteiger partial charge in [-0.25, -0.2) is 4.79 Å². The van der Waals surface area contributed by atoms with Gasteiger partial charge in [0.1, 0.15) is 6.07 Å². The van der Waals surface area contributed by atoms with Crippen LogP contribution in [0.25, 0.3) is 0 Å². The number of nitriles is 1. The zero-order valence-electron chi connectivity index (χ0n) is 10.4. The van der Waals surface area contributed by atoms with Crippen LogP contribution >= 0.6 is 0 Å². The van der Waals surface area contributed by atoms with Crippen molar-refractivity contribution in [1.82, 2.24) is 0 Å². The van der Waals surface area contributed by atoms with Gasteiger partial charge in [0.15, 0.2) is 6.04 Å². The Morgan fingerprint density at radius 2 is 2.35 bits per heavy atom. The van der Waals surface area contributed by atoms with E-state index in [1.165, 1.54) is 17.0 Å². The molecule has 1 aromatic rings. The molecule has 0 aliphatic carbocycles. The predicted molar refractivity (Wildman–Crippen MR) is 67.4 cm³/mol. The molecule has 1 fully saturated rings. The lowest BCUT2D eigenvalue weighted by Gasteiger charge is -2.35. The molecule has 0 saturated carbocycles. The van der Waals surface area contributed by atoms with Crippen molar-refractivity contribution < 1.29 is 19.6 Å². The summed E-state index contributed by atoms with van der Waals surface area (Å²) in [7, 11) is 0. The molecule has 1 unspecified atom stereocenters. The third kappa shape index (κ3) is 2.53. The minimum Gasteiger partial charge on any atom is -0.480 e. The van der Waals surface area contributed by atoms with Gasteiger partial charge < -0.3 is 14.7 Å². The lowest BCUT2D eigenvalue weighted by atomic mass is 10.1. The summed E-state index contributed by atoms with van der Waals surface area (Å²) in [4.78, 5) is 22.8. The van der Waals surface area contributed by atoms with Crippen molar-refractivity contribution in [2.45, 2.75) is 6.04 Å². The van der Waals surface area contributed by atoms with Crippen LogP contribution < -0.4 is 4.90 Å². The molecule has 20 heavy (non-hydrogen) atoms. The second-order valence-corrected chi connectivity index (χ2v) is 4.19. The molecular weight excluding hydrogens is 266 g/mol. The van der Waals surface area contributed by atoms with Crippen LogP contribution in [0.3, 0.4) is 0 Å². The van der Waals surface area contributed by atoms with Crippen molar-refractivity contribution in [3.05, 3.63) is 33.9 Å². The molecule has 1 aromatic carbocycles. The van der Waals surface area contributed by atoms with E-state index in [1.807, 2.05) is 6.07 Å². The van der Waals surface area contributed by atoms with Gasteiger partial charge in [-0.1, -0.05) is 0 Å². The fraction of sp³-hybridized carbons (Fsp3) is 0.333. The van der Waals surface area contributed by atoms with Gasteiger partial charge in [0, 0.05) is 18.7 Å². The van der Waals surface area contributed by atoms with E-state index in [0.29, 0.717) is 18.8 Å². The third-order valence-corrected chi connectivity index (χ3v) is 3.03. The van der Waals surface area contributed by atoms with Crippen molar-refractivity contribution in [2.24, 2.45) is 0 Å². The smallest absolute Gasteiger partial charge is 0.328 e. The Morgan fingerprint density at radius 1 is 1.60 bits per heavy atom. The Labute approximate surface area is 113 Å². The number of nitro groups is 1. The molecule has 0 radical (unpaired) electrons. The van der Waals surface area contributed by atoms with Crippen LogP contribution in [0.4, 0.5) is 11.4 Å². The first-order valence-corrected chi connectivity index (χ1v) is 5.80. The first-order valence-electron chi connectivity index (χ1n) is 5.80. The zero-order chi connectivity index (χ0) is 14.7. The first kappa shape index (κ1) is 13.8. The third-order valence-electron chi connectivity index (χ3n) is 3.03. The maximum absolute atomic E-state index is 11.2. The Balaban J connectivity index is 2.43. The van der Waals surface area contributed by atoms with Gasteiger partial charge in [-0.15, -0.1) is 0 Å². The summed E-state index contributed by atoms with van der Waals surface area (Å²) in [6, 6.07) is 4.76. The lowest BCUT2D eigenvalue weighted by molar-refractivity contribution is -0.384. The van der Waals surface area contributed by atoms with E-state index in [1.54, 1.807) is 0 Å². The number of benzene rings is 1. The van der Waals surface area contributed by atoms with Crippen LogP contribution in [-0.4, -0.2) is 41.8 Å². The van der Waals surface area contributed by atoms with Crippen molar-refractivity contribution in [3.8, 4) is 6.07 Å². The highest BCUT2D eigenvalue weighted by Crippen LogP contribution is 2.27. The highest BCUT2D eigenvalue weighted by atomic mass is 16.6. The molecule has 1 aliphatic rings. The number of carboxylic acid groups (broad SMARTS) is 1. The Morgan fingerprint density at radius 3 is 2.95 bits per heavy atom. The number of rotatable bonds is 3. The van der Waals surface area contributed by atoms with E-state index in [2.05, 4.69) is 0 Å². The van der Waals surface area contributed by atoms with Gasteiger partial charge in [-0.3, -0.25) is 10.1 Å². The van der Waals surface area contributed by atoms with Crippen molar-refractivity contribution in [2.75, 3.05) is 24.7 Å². The van der Waals surface area contributed by atoms with E-state index in [-0.39, 0.29) is 17.9 Å². The molecule has 0 aromatic heterocycles. The molecule has 1 N–H and O–H groups in total. The van der Waals surface area contributed by atoms with Crippen molar-refractivity contribution in [1.29, 1.82) is 5.26 Å². The quantitative estimate of drug-likeness (QED) is 0.640. The van der Waals surface area contributed by atoms with Gasteiger partial charge in [0.25, 0.3) is 5.69 Å². The van der Waals surface area contributed by atoms with Crippen LogP contribution in [0.2, 0.25) is 0 Å². The molecule has 0 amide bonds. The molecule has 0 bridgehead atoms. The highest BCUT2D eigenvalue weighted by molar-refractivity contribution is 5.80. The SMILES string of the molecule is N#Cc1cc([N+](=O)[O-])ccc1N1CCOCC1C(=O)O. The number of ether oxygens (including phenoxy) is 1. The maximum atomic E-state index is 11.2. The number of anilines is 1. The molecule has 1 heterocycles. The summed E-state index contributed by atoms with van der Waals surface area (Å²) in [6.45, 7) is 0.659. The number of carbonyl (C=O) groups is 1. The number of nitrogens with zero attached hydrogens (tertiary/aromatic N) is 3. The Kier molecular flexibility index (Phi) is 3.81. The Hall–Kier alpha value is -2.66. The largest absolute Gasteiger partial charge is 0.480 e. The zero-order valence-corrected chi connectivity index (χ0v) is 10.4. The number of non-ortho nitro benzene ring substituents is 1. The average molecular weight is 277 g/mol. The van der Waals surface area contributed by atoms with E-state index in [9.17, 15) is 14.9 Å². The van der Waals surface area contributed by atoms with Crippen LogP contribution in [0.15, 0.2) is 18.2 Å². The van der Waals surface area contributed by atoms with Crippen LogP contribution in [0.1, 0.15) is 5.56 Å². The summed E-state index contributed by atoms with van der Waals surface area (Å²) >= 11 is 0. The molecular formula is C12H11N3O5. The predicted octanol–water partition coefficient (Wildman–Crippen LogP) is 0.756. The maximum Gasteiger partial charge on any atom is 0.328 e. The monoisotopic (exact) mass is 277 g/mol. The minimum absolute atomic E-state index is 0.0111. The Bertz CT molecular complexity index is 595. The molecule has 2 rings (SSSR count). The van der Waals surface area contributed by atoms with E-state index in [4.69, 9.17) is 15.1 Å². The summed E-state index contributed by atoms with van der Waals surface area (Å²) in [5.41, 5.74) is 0.242. The van der Waals surface area contributed by atoms with Gasteiger partial charge in [-0.2, -0.15) is 5.26 Å². The van der Waals surface area contributed by atoms with Crippen molar-refractivity contribution in [3.63, 3.8) is 0 Å². The standard InChI is InChI=1S/C12H11N3O5/c13-6-8-5-9(15(18)19)1-2-10(8)14-3-4-20-7-11(14)12(16)17/h1-2,5,11H,3-4,7H2,(H,16,17). The summed E-state index contributed by atoms with van der Waals surface area (Å²) in [6.07, 6.45) is 0. The molecule has 1 saturated heterocycles. The molecule has 8 nitrogen and oxygen atoms in total.